The molecule has 3 N–H and O–H groups in total. The van der Waals surface area contributed by atoms with Crippen molar-refractivity contribution in [2.45, 2.75) is 25.9 Å². The van der Waals surface area contributed by atoms with Gasteiger partial charge in [0, 0.05) is 6.54 Å². The van der Waals surface area contributed by atoms with Crippen molar-refractivity contribution in [3.05, 3.63) is 30.1 Å². The second-order valence-corrected chi connectivity index (χ2v) is 3.85. The predicted molar refractivity (Wildman–Crippen MR) is 64.3 cm³/mol. The van der Waals surface area contributed by atoms with Crippen LogP contribution in [0.5, 0.6) is 0 Å². The van der Waals surface area contributed by atoms with E-state index < -0.39 is 11.8 Å². The van der Waals surface area contributed by atoms with Crippen LogP contribution in [0.15, 0.2) is 24.3 Å². The lowest BCUT2D eigenvalue weighted by molar-refractivity contribution is 0.181. The molecule has 1 unspecified atom stereocenters. The first-order valence-electron chi connectivity index (χ1n) is 5.57. The van der Waals surface area contributed by atoms with E-state index in [1.165, 1.54) is 12.1 Å². The van der Waals surface area contributed by atoms with Crippen LogP contribution in [0, 0.1) is 5.82 Å². The van der Waals surface area contributed by atoms with E-state index in [2.05, 4.69) is 10.6 Å². The fraction of sp³-hybridized carbons (Fsp3) is 0.417. The van der Waals surface area contributed by atoms with Crippen molar-refractivity contribution < 1.29 is 14.3 Å². The van der Waals surface area contributed by atoms with Crippen LogP contribution in [0.4, 0.5) is 14.9 Å². The van der Waals surface area contributed by atoms with Gasteiger partial charge >= 0.3 is 6.03 Å². The van der Waals surface area contributed by atoms with Gasteiger partial charge in [-0.1, -0.05) is 12.1 Å². The smallest absolute Gasteiger partial charge is 0.319 e. The zero-order valence-corrected chi connectivity index (χ0v) is 9.74. The monoisotopic (exact) mass is 240 g/mol. The molecule has 0 spiro atoms. The predicted octanol–water partition coefficient (Wildman–Crippen LogP) is 2.11. The van der Waals surface area contributed by atoms with Gasteiger partial charge in [-0.3, -0.25) is 0 Å². The normalized spacial score (nSPS) is 11.9. The second kappa shape index (κ2) is 6.85. The van der Waals surface area contributed by atoms with Gasteiger partial charge in [-0.05, 0) is 31.9 Å². The molecule has 0 saturated carbocycles. The summed E-state index contributed by atoms with van der Waals surface area (Å²) in [5, 5.41) is 14.0. The molecule has 0 radical (unpaired) electrons. The summed E-state index contributed by atoms with van der Waals surface area (Å²) in [4.78, 5) is 11.4. The molecule has 0 aliphatic carbocycles. The molecule has 5 heteroatoms. The number of aliphatic hydroxyl groups excluding tert-OH is 1. The molecule has 0 aliphatic rings. The van der Waals surface area contributed by atoms with E-state index in [1.54, 1.807) is 19.1 Å². The Balaban J connectivity index is 2.28. The van der Waals surface area contributed by atoms with Crippen molar-refractivity contribution >= 4 is 11.7 Å². The van der Waals surface area contributed by atoms with E-state index in [0.29, 0.717) is 19.4 Å². The highest BCUT2D eigenvalue weighted by molar-refractivity contribution is 5.89. The van der Waals surface area contributed by atoms with Crippen LogP contribution in [0.1, 0.15) is 19.8 Å². The van der Waals surface area contributed by atoms with Crippen LogP contribution >= 0.6 is 0 Å². The molecule has 0 bridgehead atoms. The Morgan fingerprint density at radius 2 is 2.18 bits per heavy atom. The molecule has 1 atom stereocenters. The van der Waals surface area contributed by atoms with Gasteiger partial charge in [0.25, 0.3) is 0 Å². The minimum Gasteiger partial charge on any atom is -0.393 e. The molecular formula is C12H17FN2O2. The van der Waals surface area contributed by atoms with Gasteiger partial charge in [0.15, 0.2) is 0 Å². The second-order valence-electron chi connectivity index (χ2n) is 3.85. The van der Waals surface area contributed by atoms with Gasteiger partial charge in [0.05, 0.1) is 11.8 Å². The molecule has 94 valence electrons. The zero-order valence-electron chi connectivity index (χ0n) is 9.74. The Labute approximate surface area is 99.8 Å². The van der Waals surface area contributed by atoms with Gasteiger partial charge in [0.1, 0.15) is 5.82 Å². The highest BCUT2D eigenvalue weighted by atomic mass is 19.1. The van der Waals surface area contributed by atoms with Crippen molar-refractivity contribution in [1.82, 2.24) is 5.32 Å². The molecule has 0 fully saturated rings. The molecule has 0 heterocycles. The Morgan fingerprint density at radius 1 is 1.47 bits per heavy atom. The lowest BCUT2D eigenvalue weighted by Crippen LogP contribution is -2.30. The van der Waals surface area contributed by atoms with E-state index in [4.69, 9.17) is 5.11 Å². The molecule has 1 aromatic rings. The Kier molecular flexibility index (Phi) is 5.42. The number of urea groups is 1. The number of nitrogens with one attached hydrogen (secondary N) is 2. The maximum absolute atomic E-state index is 13.2. The van der Waals surface area contributed by atoms with Crippen LogP contribution in [-0.4, -0.2) is 23.8 Å². The number of aliphatic hydroxyl groups is 1. The SMILES string of the molecule is CC(O)CCCNC(=O)Nc1ccccc1F. The lowest BCUT2D eigenvalue weighted by atomic mass is 10.2. The molecule has 0 saturated heterocycles. The molecule has 0 aromatic heterocycles. The third kappa shape index (κ3) is 5.31. The number of hydrogen-bond acceptors (Lipinski definition) is 2. The average Bonchev–Trinajstić information content (AvgIpc) is 2.27. The minimum atomic E-state index is -0.466. The molecular weight excluding hydrogens is 223 g/mol. The third-order valence-electron chi connectivity index (χ3n) is 2.21. The summed E-state index contributed by atoms with van der Waals surface area (Å²) in [7, 11) is 0. The van der Waals surface area contributed by atoms with Crippen LogP contribution < -0.4 is 10.6 Å². The van der Waals surface area contributed by atoms with E-state index in [1.807, 2.05) is 0 Å². The van der Waals surface area contributed by atoms with Crippen LogP contribution in [0.25, 0.3) is 0 Å². The minimum absolute atomic E-state index is 0.153. The molecule has 1 aromatic carbocycles. The van der Waals surface area contributed by atoms with Gasteiger partial charge in [-0.15, -0.1) is 0 Å². The first-order chi connectivity index (χ1) is 8.09. The quantitative estimate of drug-likeness (QED) is 0.690. The van der Waals surface area contributed by atoms with Crippen LogP contribution in [0.2, 0.25) is 0 Å². The van der Waals surface area contributed by atoms with Gasteiger partial charge < -0.3 is 15.7 Å². The first kappa shape index (κ1) is 13.4. The maximum atomic E-state index is 13.2. The summed E-state index contributed by atoms with van der Waals surface area (Å²) >= 11 is 0. The molecule has 17 heavy (non-hydrogen) atoms. The third-order valence-corrected chi connectivity index (χ3v) is 2.21. The number of anilines is 1. The van der Waals surface area contributed by atoms with Crippen molar-refractivity contribution in [1.29, 1.82) is 0 Å². The van der Waals surface area contributed by atoms with E-state index in [-0.39, 0.29) is 11.8 Å². The number of para-hydroxylation sites is 1. The highest BCUT2D eigenvalue weighted by Gasteiger charge is 2.05. The number of hydrogen-bond donors (Lipinski definition) is 3. The molecule has 1 rings (SSSR count). The fourth-order valence-electron chi connectivity index (χ4n) is 1.33. The van der Waals surface area contributed by atoms with Crippen LogP contribution in [-0.2, 0) is 0 Å². The number of benzene rings is 1. The summed E-state index contributed by atoms with van der Waals surface area (Å²) in [5.41, 5.74) is 0.153. The van der Waals surface area contributed by atoms with Crippen molar-refractivity contribution in [2.75, 3.05) is 11.9 Å². The van der Waals surface area contributed by atoms with E-state index in [0.717, 1.165) is 0 Å². The molecule has 0 aliphatic heterocycles. The van der Waals surface area contributed by atoms with Gasteiger partial charge in [0.2, 0.25) is 0 Å². The first-order valence-corrected chi connectivity index (χ1v) is 5.57. The highest BCUT2D eigenvalue weighted by Crippen LogP contribution is 2.11. The van der Waals surface area contributed by atoms with Gasteiger partial charge in [-0.25, -0.2) is 9.18 Å². The summed E-state index contributed by atoms with van der Waals surface area (Å²) < 4.78 is 13.2. The lowest BCUT2D eigenvalue weighted by Gasteiger charge is -2.08. The number of carbonyl (C=O) groups excluding carboxylic acids is 1. The number of halogens is 1. The maximum Gasteiger partial charge on any atom is 0.319 e. The van der Waals surface area contributed by atoms with Crippen molar-refractivity contribution in [2.24, 2.45) is 0 Å². The van der Waals surface area contributed by atoms with Crippen LogP contribution in [0.3, 0.4) is 0 Å². The molecule has 2 amide bonds. The zero-order chi connectivity index (χ0) is 12.7. The summed E-state index contributed by atoms with van der Waals surface area (Å²) in [6, 6.07) is 5.53. The topological polar surface area (TPSA) is 61.4 Å². The Bertz CT molecular complexity index is 369. The summed E-state index contributed by atoms with van der Waals surface area (Å²) in [6.07, 6.45) is 0.939. The van der Waals surface area contributed by atoms with Crippen molar-refractivity contribution in [3.8, 4) is 0 Å². The van der Waals surface area contributed by atoms with Crippen molar-refractivity contribution in [3.63, 3.8) is 0 Å². The summed E-state index contributed by atoms with van der Waals surface area (Å²) in [5.74, 6) is -0.466. The van der Waals surface area contributed by atoms with Gasteiger partial charge in [-0.2, -0.15) is 0 Å². The Hall–Kier alpha value is -1.62. The average molecular weight is 240 g/mol. The van der Waals surface area contributed by atoms with E-state index >= 15 is 0 Å². The molecule has 4 nitrogen and oxygen atoms in total. The standard InChI is InChI=1S/C12H17FN2O2/c1-9(16)5-4-8-14-12(17)15-11-7-3-2-6-10(11)13/h2-3,6-7,9,16H,4-5,8H2,1H3,(H2,14,15,17). The fourth-order valence-corrected chi connectivity index (χ4v) is 1.33. The number of rotatable bonds is 5. The number of amides is 2. The largest absolute Gasteiger partial charge is 0.393 e. The summed E-state index contributed by atoms with van der Waals surface area (Å²) in [6.45, 7) is 2.14. The Morgan fingerprint density at radius 3 is 2.82 bits per heavy atom. The van der Waals surface area contributed by atoms with E-state index in [9.17, 15) is 9.18 Å². The number of carbonyl (C=O) groups is 1.